The highest BCUT2D eigenvalue weighted by atomic mass is 14.9. The Labute approximate surface area is 109 Å². The minimum atomic E-state index is -0.628. The van der Waals surface area contributed by atoms with Crippen LogP contribution < -0.4 is 11.5 Å². The summed E-state index contributed by atoms with van der Waals surface area (Å²) in [5, 5.41) is 0. The second-order valence-electron chi connectivity index (χ2n) is 4.62. The minimum absolute atomic E-state index is 0.109. The van der Waals surface area contributed by atoms with E-state index in [0.717, 1.165) is 17.5 Å². The fraction of sp³-hybridized carbons (Fsp3) is 0.250. The monoisotopic (exact) mass is 240 g/mol. The molecule has 0 aromatic heterocycles. The Morgan fingerprint density at radius 1 is 0.889 bits per heavy atom. The normalized spacial score (nSPS) is 13.3. The van der Waals surface area contributed by atoms with Crippen LogP contribution in [-0.4, -0.2) is 6.04 Å². The molecule has 0 aliphatic rings. The predicted molar refractivity (Wildman–Crippen MR) is 76.1 cm³/mol. The van der Waals surface area contributed by atoms with Crippen molar-refractivity contribution in [3.8, 4) is 0 Å². The molecule has 18 heavy (non-hydrogen) atoms. The van der Waals surface area contributed by atoms with E-state index >= 15 is 0 Å². The van der Waals surface area contributed by atoms with Crippen molar-refractivity contribution in [3.63, 3.8) is 0 Å². The van der Waals surface area contributed by atoms with E-state index in [1.165, 1.54) is 0 Å². The molecule has 4 N–H and O–H groups in total. The quantitative estimate of drug-likeness (QED) is 0.863. The van der Waals surface area contributed by atoms with E-state index in [0.29, 0.717) is 0 Å². The van der Waals surface area contributed by atoms with Crippen molar-refractivity contribution in [2.45, 2.75) is 24.9 Å². The van der Waals surface area contributed by atoms with Crippen molar-refractivity contribution >= 4 is 0 Å². The molecule has 94 valence electrons. The molecule has 0 aliphatic carbocycles. The molecule has 0 fully saturated rings. The number of rotatable bonds is 4. The largest absolute Gasteiger partial charge is 0.326 e. The van der Waals surface area contributed by atoms with E-state index in [-0.39, 0.29) is 6.04 Å². The third kappa shape index (κ3) is 2.17. The summed E-state index contributed by atoms with van der Waals surface area (Å²) in [5.41, 5.74) is 14.5. The van der Waals surface area contributed by atoms with Gasteiger partial charge in [-0.1, -0.05) is 67.6 Å². The summed E-state index contributed by atoms with van der Waals surface area (Å²) < 4.78 is 0. The van der Waals surface area contributed by atoms with E-state index in [1.54, 1.807) is 0 Å². The summed E-state index contributed by atoms with van der Waals surface area (Å²) in [4.78, 5) is 0. The molecule has 1 atom stereocenters. The molecule has 1 unspecified atom stereocenters. The summed E-state index contributed by atoms with van der Waals surface area (Å²) in [6, 6.07) is 20.1. The SMILES string of the molecule is CCC(N)C(N)(c1ccccc1)c1ccccc1. The molecular weight excluding hydrogens is 220 g/mol. The summed E-state index contributed by atoms with van der Waals surface area (Å²) in [6.45, 7) is 2.07. The van der Waals surface area contributed by atoms with Crippen LogP contribution in [0.3, 0.4) is 0 Å². The van der Waals surface area contributed by atoms with Crippen LogP contribution in [0.1, 0.15) is 24.5 Å². The van der Waals surface area contributed by atoms with Gasteiger partial charge < -0.3 is 11.5 Å². The molecule has 2 aromatic carbocycles. The summed E-state index contributed by atoms with van der Waals surface area (Å²) in [7, 11) is 0. The number of hydrogen-bond donors (Lipinski definition) is 2. The Kier molecular flexibility index (Phi) is 3.80. The third-order valence-electron chi connectivity index (χ3n) is 3.53. The fourth-order valence-electron chi connectivity index (χ4n) is 2.34. The first-order chi connectivity index (χ1) is 8.69. The van der Waals surface area contributed by atoms with Crippen molar-refractivity contribution < 1.29 is 0 Å². The lowest BCUT2D eigenvalue weighted by Crippen LogP contribution is -2.53. The lowest BCUT2D eigenvalue weighted by atomic mass is 9.77. The first-order valence-corrected chi connectivity index (χ1v) is 6.35. The maximum Gasteiger partial charge on any atom is 0.0819 e. The van der Waals surface area contributed by atoms with Crippen molar-refractivity contribution in [3.05, 3.63) is 71.8 Å². The molecule has 0 bridgehead atoms. The number of benzene rings is 2. The van der Waals surface area contributed by atoms with Crippen LogP contribution in [0.5, 0.6) is 0 Å². The zero-order chi connectivity index (χ0) is 13.0. The molecule has 0 aliphatic heterocycles. The molecular formula is C16H20N2. The highest BCUT2D eigenvalue weighted by Crippen LogP contribution is 2.30. The highest BCUT2D eigenvalue weighted by Gasteiger charge is 2.34. The van der Waals surface area contributed by atoms with Crippen molar-refractivity contribution in [1.82, 2.24) is 0 Å². The third-order valence-corrected chi connectivity index (χ3v) is 3.53. The first-order valence-electron chi connectivity index (χ1n) is 6.35. The van der Waals surface area contributed by atoms with Crippen LogP contribution in [0.15, 0.2) is 60.7 Å². The van der Waals surface area contributed by atoms with E-state index < -0.39 is 5.54 Å². The maximum atomic E-state index is 6.67. The lowest BCUT2D eigenvalue weighted by Gasteiger charge is -2.36. The second kappa shape index (κ2) is 5.34. The van der Waals surface area contributed by atoms with Gasteiger partial charge in [-0.25, -0.2) is 0 Å². The van der Waals surface area contributed by atoms with Crippen molar-refractivity contribution in [1.29, 1.82) is 0 Å². The van der Waals surface area contributed by atoms with Crippen LogP contribution in [0, 0.1) is 0 Å². The average Bonchev–Trinajstić information content (AvgIpc) is 2.47. The zero-order valence-corrected chi connectivity index (χ0v) is 10.7. The summed E-state index contributed by atoms with van der Waals surface area (Å²) in [6.07, 6.45) is 0.834. The van der Waals surface area contributed by atoms with E-state index in [4.69, 9.17) is 11.5 Å². The molecule has 0 radical (unpaired) electrons. The Morgan fingerprint density at radius 2 is 1.28 bits per heavy atom. The second-order valence-corrected chi connectivity index (χ2v) is 4.62. The first kappa shape index (κ1) is 12.8. The van der Waals surface area contributed by atoms with Crippen molar-refractivity contribution in [2.24, 2.45) is 11.5 Å². The van der Waals surface area contributed by atoms with Crippen LogP contribution in [0.2, 0.25) is 0 Å². The molecule has 0 spiro atoms. The van der Waals surface area contributed by atoms with Gasteiger partial charge in [-0.05, 0) is 17.5 Å². The van der Waals surface area contributed by atoms with Gasteiger partial charge in [0.2, 0.25) is 0 Å². The zero-order valence-electron chi connectivity index (χ0n) is 10.7. The summed E-state index contributed by atoms with van der Waals surface area (Å²) in [5.74, 6) is 0. The van der Waals surface area contributed by atoms with Gasteiger partial charge in [0.05, 0.1) is 5.54 Å². The molecule has 2 heteroatoms. The Hall–Kier alpha value is -1.64. The predicted octanol–water partition coefficient (Wildman–Crippen LogP) is 2.63. The fourth-order valence-corrected chi connectivity index (χ4v) is 2.34. The Morgan fingerprint density at radius 3 is 1.61 bits per heavy atom. The molecule has 2 aromatic rings. The van der Waals surface area contributed by atoms with Crippen LogP contribution in [-0.2, 0) is 5.54 Å². The summed E-state index contributed by atoms with van der Waals surface area (Å²) >= 11 is 0. The smallest absolute Gasteiger partial charge is 0.0819 e. The highest BCUT2D eigenvalue weighted by molar-refractivity contribution is 5.39. The molecule has 2 nitrogen and oxygen atoms in total. The number of nitrogens with two attached hydrogens (primary N) is 2. The molecule has 0 amide bonds. The molecule has 0 heterocycles. The molecule has 0 saturated heterocycles. The number of hydrogen-bond acceptors (Lipinski definition) is 2. The topological polar surface area (TPSA) is 52.0 Å². The van der Waals surface area contributed by atoms with E-state index in [9.17, 15) is 0 Å². The van der Waals surface area contributed by atoms with Gasteiger partial charge in [-0.15, -0.1) is 0 Å². The Balaban J connectivity index is 2.55. The van der Waals surface area contributed by atoms with Gasteiger partial charge in [0.15, 0.2) is 0 Å². The van der Waals surface area contributed by atoms with Crippen LogP contribution >= 0.6 is 0 Å². The molecule has 0 saturated carbocycles. The Bertz CT molecular complexity index is 439. The van der Waals surface area contributed by atoms with Gasteiger partial charge in [0.1, 0.15) is 0 Å². The van der Waals surface area contributed by atoms with Gasteiger partial charge in [0, 0.05) is 6.04 Å². The lowest BCUT2D eigenvalue weighted by molar-refractivity contribution is 0.410. The van der Waals surface area contributed by atoms with Gasteiger partial charge in [-0.2, -0.15) is 0 Å². The average molecular weight is 240 g/mol. The minimum Gasteiger partial charge on any atom is -0.326 e. The van der Waals surface area contributed by atoms with Gasteiger partial charge in [0.25, 0.3) is 0 Å². The maximum absolute atomic E-state index is 6.67. The van der Waals surface area contributed by atoms with E-state index in [2.05, 4.69) is 6.92 Å². The van der Waals surface area contributed by atoms with E-state index in [1.807, 2.05) is 60.7 Å². The molecule has 2 rings (SSSR count). The van der Waals surface area contributed by atoms with Gasteiger partial charge in [-0.3, -0.25) is 0 Å². The van der Waals surface area contributed by atoms with Crippen molar-refractivity contribution in [2.75, 3.05) is 0 Å². The standard InChI is InChI=1S/C16H20N2/c1-2-15(17)16(18,13-9-5-3-6-10-13)14-11-7-4-8-12-14/h3-12,15H,2,17-18H2,1H3. The van der Waals surface area contributed by atoms with Gasteiger partial charge >= 0.3 is 0 Å². The van der Waals surface area contributed by atoms with Crippen LogP contribution in [0.4, 0.5) is 0 Å². The van der Waals surface area contributed by atoms with Crippen LogP contribution in [0.25, 0.3) is 0 Å².